The number of esters is 1. The largest absolute Gasteiger partial charge is 0.465 e. The van der Waals surface area contributed by atoms with Gasteiger partial charge in [-0.2, -0.15) is 0 Å². The van der Waals surface area contributed by atoms with Crippen LogP contribution in [0.15, 0.2) is 91.0 Å². The second-order valence-corrected chi connectivity index (χ2v) is 10.3. The van der Waals surface area contributed by atoms with Crippen LogP contribution in [0.25, 0.3) is 0 Å². The summed E-state index contributed by atoms with van der Waals surface area (Å²) in [7, 11) is -1.84. The molecule has 3 aromatic carbocycles. The van der Waals surface area contributed by atoms with E-state index in [-0.39, 0.29) is 12.4 Å². The van der Waals surface area contributed by atoms with Crippen LogP contribution in [0.1, 0.15) is 12.8 Å². The molecule has 0 aliphatic carbocycles. The van der Waals surface area contributed by atoms with Crippen LogP contribution in [0.2, 0.25) is 0 Å². The molecule has 2 N–H and O–H groups in total. The van der Waals surface area contributed by atoms with Gasteiger partial charge in [0.05, 0.1) is 19.2 Å². The number of hydrogen-bond acceptors (Lipinski definition) is 3. The van der Waals surface area contributed by atoms with Gasteiger partial charge in [-0.15, -0.1) is 0 Å². The molecular weight excluding hydrogens is 365 g/mol. The molecule has 0 aliphatic heterocycles. The van der Waals surface area contributed by atoms with Crippen molar-refractivity contribution < 1.29 is 9.53 Å². The first kappa shape index (κ1) is 20.3. The Balaban J connectivity index is 1.98. The lowest BCUT2D eigenvalue weighted by Gasteiger charge is -2.27. The number of ether oxygens (including phenoxy) is 1. The van der Waals surface area contributed by atoms with E-state index in [9.17, 15) is 4.79 Å². The van der Waals surface area contributed by atoms with Crippen molar-refractivity contribution in [3.63, 3.8) is 0 Å². The van der Waals surface area contributed by atoms with Crippen LogP contribution in [0.5, 0.6) is 0 Å². The molecule has 3 rings (SSSR count). The van der Waals surface area contributed by atoms with Crippen molar-refractivity contribution >= 4 is 29.1 Å². The molecule has 0 spiro atoms. The number of carbonyl (C=O) groups is 1. The van der Waals surface area contributed by atoms with Crippen LogP contribution in [-0.4, -0.2) is 25.3 Å². The maximum atomic E-state index is 11.7. The smallest absolute Gasteiger partial charge is 0.307 e. The molecule has 3 nitrogen and oxygen atoms in total. The van der Waals surface area contributed by atoms with Gasteiger partial charge in [0.2, 0.25) is 0 Å². The Bertz CT molecular complexity index is 757. The van der Waals surface area contributed by atoms with Gasteiger partial charge in [0.15, 0.2) is 0 Å². The molecule has 0 aromatic heterocycles. The van der Waals surface area contributed by atoms with E-state index in [1.165, 1.54) is 15.9 Å². The molecule has 3 aromatic rings. The number of hydrogen-bond donors (Lipinski definition) is 1. The second kappa shape index (κ2) is 10.2. The van der Waals surface area contributed by atoms with Gasteiger partial charge >= 0.3 is 5.97 Å². The maximum Gasteiger partial charge on any atom is 0.307 e. The molecule has 144 valence electrons. The van der Waals surface area contributed by atoms with Gasteiger partial charge in [0, 0.05) is 13.0 Å². The zero-order chi connectivity index (χ0) is 19.7. The molecule has 0 saturated heterocycles. The quantitative estimate of drug-likeness (QED) is 0.346. The van der Waals surface area contributed by atoms with Crippen LogP contribution in [-0.2, 0) is 9.53 Å². The van der Waals surface area contributed by atoms with Crippen LogP contribution in [0, 0.1) is 0 Å². The van der Waals surface area contributed by atoms with E-state index < -0.39 is 7.26 Å². The number of nitrogens with two attached hydrogens (primary N) is 1. The minimum atomic E-state index is -1.84. The fourth-order valence-electron chi connectivity index (χ4n) is 3.56. The van der Waals surface area contributed by atoms with Gasteiger partial charge in [-0.05, 0) is 36.4 Å². The molecule has 0 saturated carbocycles. The summed E-state index contributed by atoms with van der Waals surface area (Å²) in [6, 6.07) is 32.2. The van der Waals surface area contributed by atoms with E-state index in [4.69, 9.17) is 10.5 Å². The highest BCUT2D eigenvalue weighted by Crippen LogP contribution is 2.55. The van der Waals surface area contributed by atoms with Gasteiger partial charge in [0.25, 0.3) is 0 Å². The highest BCUT2D eigenvalue weighted by Gasteiger charge is 2.44. The standard InChI is InChI=1S/C24H27NO2P/c25-18-17-24(26)27-19-10-20-28(21-11-4-1-5-12-21,22-13-6-2-7-14-22)23-15-8-3-9-16-23/h1-9,11-16H,10,17-20,25H2/q+1. The molecule has 0 bridgehead atoms. The van der Waals surface area contributed by atoms with E-state index in [0.29, 0.717) is 13.2 Å². The molecule has 0 atom stereocenters. The summed E-state index contributed by atoms with van der Waals surface area (Å²) in [6.45, 7) is 0.751. The van der Waals surface area contributed by atoms with Crippen LogP contribution < -0.4 is 21.6 Å². The fraction of sp³-hybridized carbons (Fsp3) is 0.208. The summed E-state index contributed by atoms with van der Waals surface area (Å²) >= 11 is 0. The van der Waals surface area contributed by atoms with Gasteiger partial charge < -0.3 is 10.5 Å². The topological polar surface area (TPSA) is 52.3 Å². The molecule has 4 heteroatoms. The van der Waals surface area contributed by atoms with Crippen molar-refractivity contribution in [3.8, 4) is 0 Å². The van der Waals surface area contributed by atoms with Crippen LogP contribution in [0.3, 0.4) is 0 Å². The predicted molar refractivity (Wildman–Crippen MR) is 119 cm³/mol. The van der Waals surface area contributed by atoms with E-state index in [0.717, 1.165) is 12.6 Å². The van der Waals surface area contributed by atoms with Crippen molar-refractivity contribution in [1.29, 1.82) is 0 Å². The zero-order valence-corrected chi connectivity index (χ0v) is 16.9. The molecule has 0 unspecified atom stereocenters. The number of benzene rings is 3. The van der Waals surface area contributed by atoms with Crippen LogP contribution in [0.4, 0.5) is 0 Å². The Morgan fingerprint density at radius 3 is 1.57 bits per heavy atom. The number of rotatable bonds is 9. The summed E-state index contributed by atoms with van der Waals surface area (Å²) in [6.07, 6.45) is 2.03. The normalized spacial score (nSPS) is 11.2. The maximum absolute atomic E-state index is 11.7. The average molecular weight is 392 g/mol. The summed E-state index contributed by atoms with van der Waals surface area (Å²) < 4.78 is 5.38. The average Bonchev–Trinajstić information content (AvgIpc) is 2.76. The Hall–Kier alpha value is -2.48. The lowest BCUT2D eigenvalue weighted by molar-refractivity contribution is -0.143. The van der Waals surface area contributed by atoms with E-state index >= 15 is 0 Å². The second-order valence-electron chi connectivity index (χ2n) is 6.65. The fourth-order valence-corrected chi connectivity index (χ4v) is 7.88. The van der Waals surface area contributed by atoms with Crippen molar-refractivity contribution in [2.75, 3.05) is 19.3 Å². The monoisotopic (exact) mass is 392 g/mol. The third-order valence-corrected chi connectivity index (χ3v) is 9.37. The third-order valence-electron chi connectivity index (χ3n) is 4.84. The van der Waals surface area contributed by atoms with Crippen molar-refractivity contribution in [2.24, 2.45) is 5.73 Å². The number of carbonyl (C=O) groups excluding carboxylic acids is 1. The Kier molecular flexibility index (Phi) is 7.36. The molecular formula is C24H27NO2P+. The van der Waals surface area contributed by atoms with Gasteiger partial charge in [0.1, 0.15) is 23.2 Å². The lowest BCUT2D eigenvalue weighted by Crippen LogP contribution is -2.33. The summed E-state index contributed by atoms with van der Waals surface area (Å²) in [5, 5.41) is 4.04. The Labute approximate surface area is 167 Å². The van der Waals surface area contributed by atoms with Gasteiger partial charge in [-0.1, -0.05) is 54.6 Å². The molecule has 0 aliphatic rings. The Morgan fingerprint density at radius 1 is 0.750 bits per heavy atom. The van der Waals surface area contributed by atoms with Gasteiger partial charge in [-0.3, -0.25) is 4.79 Å². The highest BCUT2D eigenvalue weighted by atomic mass is 31.2. The lowest BCUT2D eigenvalue weighted by atomic mass is 10.4. The SMILES string of the molecule is NCCC(=O)OCCC[P+](c1ccccc1)(c1ccccc1)c1ccccc1. The third kappa shape index (κ3) is 4.67. The van der Waals surface area contributed by atoms with Crippen LogP contribution >= 0.6 is 7.26 Å². The van der Waals surface area contributed by atoms with Crippen molar-refractivity contribution in [1.82, 2.24) is 0 Å². The molecule has 0 radical (unpaired) electrons. The molecule has 28 heavy (non-hydrogen) atoms. The predicted octanol–water partition coefficient (Wildman–Crippen LogP) is 3.26. The van der Waals surface area contributed by atoms with Crippen molar-refractivity contribution in [2.45, 2.75) is 12.8 Å². The minimum Gasteiger partial charge on any atom is -0.465 e. The Morgan fingerprint density at radius 2 is 1.18 bits per heavy atom. The summed E-state index contributed by atoms with van der Waals surface area (Å²) in [4.78, 5) is 11.7. The minimum absolute atomic E-state index is 0.217. The molecule has 0 amide bonds. The molecule has 0 fully saturated rings. The van der Waals surface area contributed by atoms with E-state index in [1.54, 1.807) is 0 Å². The van der Waals surface area contributed by atoms with Crippen molar-refractivity contribution in [3.05, 3.63) is 91.0 Å². The first-order valence-electron chi connectivity index (χ1n) is 9.68. The first-order chi connectivity index (χ1) is 13.8. The summed E-state index contributed by atoms with van der Waals surface area (Å²) in [5.41, 5.74) is 5.44. The first-order valence-corrected chi connectivity index (χ1v) is 11.7. The van der Waals surface area contributed by atoms with E-state index in [1.807, 2.05) is 0 Å². The highest BCUT2D eigenvalue weighted by molar-refractivity contribution is 7.95. The summed E-state index contributed by atoms with van der Waals surface area (Å²) in [5.74, 6) is -0.217. The zero-order valence-electron chi connectivity index (χ0n) is 16.0. The van der Waals surface area contributed by atoms with Gasteiger partial charge in [-0.25, -0.2) is 0 Å². The van der Waals surface area contributed by atoms with E-state index in [2.05, 4.69) is 91.0 Å². The molecule has 0 heterocycles.